The molecule has 3 aromatic carbocycles. The van der Waals surface area contributed by atoms with E-state index in [1.165, 1.54) is 6.08 Å². The van der Waals surface area contributed by atoms with E-state index in [4.69, 9.17) is 21.1 Å². The molecule has 0 N–H and O–H groups in total. The molecule has 0 amide bonds. The van der Waals surface area contributed by atoms with Crippen LogP contribution in [0.25, 0.3) is 0 Å². The van der Waals surface area contributed by atoms with Gasteiger partial charge in [-0.15, -0.1) is 11.6 Å². The fraction of sp³-hybridized carbons (Fsp3) is 0.182. The van der Waals surface area contributed by atoms with E-state index < -0.39 is 23.5 Å². The van der Waals surface area contributed by atoms with Gasteiger partial charge in [0, 0.05) is 0 Å². The van der Waals surface area contributed by atoms with E-state index in [9.17, 15) is 9.59 Å². The van der Waals surface area contributed by atoms with Crippen molar-refractivity contribution in [1.82, 2.24) is 0 Å². The van der Waals surface area contributed by atoms with Gasteiger partial charge >= 0.3 is 5.97 Å². The number of hydrogen-bond acceptors (Lipinski definition) is 4. The van der Waals surface area contributed by atoms with Crippen LogP contribution in [0.3, 0.4) is 0 Å². The highest BCUT2D eigenvalue weighted by Crippen LogP contribution is 2.46. The van der Waals surface area contributed by atoms with Crippen LogP contribution < -0.4 is 15.9 Å². The number of ether oxygens (including phenoxy) is 2. The van der Waals surface area contributed by atoms with Crippen molar-refractivity contribution in [2.24, 2.45) is 0 Å². The van der Waals surface area contributed by atoms with Gasteiger partial charge in [-0.1, -0.05) is 109 Å². The zero-order valence-corrected chi connectivity index (χ0v) is 23.8. The summed E-state index contributed by atoms with van der Waals surface area (Å²) in [5.41, 5.74) is 0.0150. The molecular weight excluding hydrogens is 527 g/mol. The van der Waals surface area contributed by atoms with Crippen molar-refractivity contribution in [1.29, 1.82) is 0 Å². The van der Waals surface area contributed by atoms with Crippen LogP contribution in [-0.2, 0) is 19.1 Å². The Hall–Kier alpha value is -3.59. The van der Waals surface area contributed by atoms with E-state index in [1.54, 1.807) is 25.2 Å². The normalized spacial score (nSPS) is 17.7. The van der Waals surface area contributed by atoms with Gasteiger partial charge < -0.3 is 9.47 Å². The quantitative estimate of drug-likeness (QED) is 0.111. The highest BCUT2D eigenvalue weighted by atomic mass is 35.5. The largest absolute Gasteiger partial charge is 0.493 e. The lowest BCUT2D eigenvalue weighted by molar-refractivity contribution is -0.140. The maximum absolute atomic E-state index is 13.7. The Morgan fingerprint density at radius 1 is 0.821 bits per heavy atom. The van der Waals surface area contributed by atoms with Crippen LogP contribution in [0.1, 0.15) is 20.3 Å². The van der Waals surface area contributed by atoms with E-state index in [0.717, 1.165) is 15.9 Å². The SMILES string of the molecule is CCOC(=O)/C(=C(\C=P(c1ccccc1)(c1ccccc1)c1ccccc1)OCC)C1(Cl)CC=CC=CC1=O. The van der Waals surface area contributed by atoms with Crippen LogP contribution in [0.5, 0.6) is 0 Å². The molecule has 1 unspecified atom stereocenters. The van der Waals surface area contributed by atoms with Gasteiger partial charge in [-0.2, -0.15) is 0 Å². The molecule has 0 fully saturated rings. The Bertz CT molecular complexity index is 1340. The second-order valence-corrected chi connectivity index (χ2v) is 12.8. The molecule has 6 heteroatoms. The number of ketones is 1. The molecule has 4 nitrogen and oxygen atoms in total. The molecule has 1 aliphatic carbocycles. The molecule has 0 spiro atoms. The second kappa shape index (κ2) is 13.0. The Kier molecular flexibility index (Phi) is 9.45. The molecule has 0 bridgehead atoms. The van der Waals surface area contributed by atoms with Crippen LogP contribution in [0.2, 0.25) is 0 Å². The predicted octanol–water partition coefficient (Wildman–Crippen LogP) is 5.70. The van der Waals surface area contributed by atoms with Crippen molar-refractivity contribution in [2.75, 3.05) is 13.2 Å². The molecule has 0 aromatic heterocycles. The predicted molar refractivity (Wildman–Crippen MR) is 163 cm³/mol. The lowest BCUT2D eigenvalue weighted by Gasteiger charge is -2.31. The van der Waals surface area contributed by atoms with Gasteiger partial charge in [-0.05, 0) is 54.9 Å². The number of rotatable bonds is 9. The summed E-state index contributed by atoms with van der Waals surface area (Å²) in [4.78, 5) is 25.4. The first-order valence-corrected chi connectivity index (χ1v) is 15.2. The fourth-order valence-electron chi connectivity index (χ4n) is 4.74. The number of esters is 1. The number of allylic oxidation sites excluding steroid dienone is 5. The Morgan fingerprint density at radius 3 is 1.77 bits per heavy atom. The molecule has 0 radical (unpaired) electrons. The molecule has 0 aliphatic heterocycles. The number of carbonyl (C=O) groups is 2. The summed E-state index contributed by atoms with van der Waals surface area (Å²) >= 11 is 7.13. The molecule has 0 saturated heterocycles. The van der Waals surface area contributed by atoms with Crippen molar-refractivity contribution in [3.05, 3.63) is 127 Å². The third-order valence-electron chi connectivity index (χ3n) is 6.51. The summed E-state index contributed by atoms with van der Waals surface area (Å²) in [6.07, 6.45) is 6.68. The first-order valence-electron chi connectivity index (χ1n) is 13.0. The molecular formula is C33H32ClO4P. The third-order valence-corrected chi connectivity index (χ3v) is 11.0. The highest BCUT2D eigenvalue weighted by molar-refractivity contribution is 7.94. The van der Waals surface area contributed by atoms with Crippen molar-refractivity contribution < 1.29 is 19.1 Å². The lowest BCUT2D eigenvalue weighted by Crippen LogP contribution is -2.39. The molecule has 0 heterocycles. The highest BCUT2D eigenvalue weighted by Gasteiger charge is 2.45. The zero-order chi connectivity index (χ0) is 27.7. The van der Waals surface area contributed by atoms with Crippen molar-refractivity contribution in [2.45, 2.75) is 25.1 Å². The van der Waals surface area contributed by atoms with Crippen LogP contribution in [0, 0.1) is 0 Å². The minimum atomic E-state index is -2.58. The molecule has 200 valence electrons. The van der Waals surface area contributed by atoms with Gasteiger partial charge in [0.15, 0.2) is 5.78 Å². The van der Waals surface area contributed by atoms with E-state index in [0.29, 0.717) is 0 Å². The summed E-state index contributed by atoms with van der Waals surface area (Å²) in [6, 6.07) is 30.5. The van der Waals surface area contributed by atoms with Gasteiger partial charge in [0.1, 0.15) is 16.2 Å². The molecule has 3 aromatic rings. The van der Waals surface area contributed by atoms with Gasteiger partial charge in [0.05, 0.1) is 13.2 Å². The maximum Gasteiger partial charge on any atom is 0.340 e. The first-order chi connectivity index (χ1) is 19.0. The lowest BCUT2D eigenvalue weighted by atomic mass is 9.89. The monoisotopic (exact) mass is 558 g/mol. The maximum atomic E-state index is 13.7. The summed E-state index contributed by atoms with van der Waals surface area (Å²) < 4.78 is 11.8. The van der Waals surface area contributed by atoms with Crippen LogP contribution in [0.4, 0.5) is 0 Å². The average molecular weight is 559 g/mol. The standard InChI is InChI=1S/C33H32ClO4P/c1-3-37-29(31(32(36)38-4-2)33(34)24-16-8-15-23-30(33)35)25-39(26-17-9-5-10-18-26,27-19-11-6-12-20-27)28-21-13-7-14-22-28/h5-23,25H,3-4,24H2,1-2H3/b31-29-. The van der Waals surface area contributed by atoms with Crippen molar-refractivity contribution in [3.63, 3.8) is 0 Å². The Morgan fingerprint density at radius 2 is 1.31 bits per heavy atom. The van der Waals surface area contributed by atoms with Crippen LogP contribution >= 0.6 is 18.5 Å². The topological polar surface area (TPSA) is 52.6 Å². The Labute approximate surface area is 235 Å². The zero-order valence-electron chi connectivity index (χ0n) is 22.1. The minimum Gasteiger partial charge on any atom is -0.493 e. The molecule has 39 heavy (non-hydrogen) atoms. The fourth-order valence-corrected chi connectivity index (χ4v) is 8.88. The number of benzene rings is 3. The first kappa shape index (κ1) is 28.4. The Balaban J connectivity index is 2.21. The van der Waals surface area contributed by atoms with Crippen molar-refractivity contribution >= 4 is 51.9 Å². The molecule has 4 rings (SSSR count). The number of halogens is 1. The van der Waals surface area contributed by atoms with Crippen LogP contribution in [-0.4, -0.2) is 35.6 Å². The molecule has 1 atom stereocenters. The average Bonchev–Trinajstić information content (AvgIpc) is 3.13. The van der Waals surface area contributed by atoms with Crippen molar-refractivity contribution in [3.8, 4) is 0 Å². The summed E-state index contributed by atoms with van der Waals surface area (Å²) in [5, 5.41) is 3.20. The van der Waals surface area contributed by atoms with Crippen LogP contribution in [0.15, 0.2) is 127 Å². The number of carbonyl (C=O) groups excluding carboxylic acids is 2. The van der Waals surface area contributed by atoms with Gasteiger partial charge in [-0.25, -0.2) is 4.79 Å². The molecule has 0 saturated carbocycles. The van der Waals surface area contributed by atoms with Gasteiger partial charge in [0.2, 0.25) is 0 Å². The third kappa shape index (κ3) is 5.88. The summed E-state index contributed by atoms with van der Waals surface area (Å²) in [5.74, 6) is 1.22. The number of alkyl halides is 1. The molecule has 1 aliphatic rings. The minimum absolute atomic E-state index is 0.0150. The summed E-state index contributed by atoms with van der Waals surface area (Å²) in [7, 11) is 0. The van der Waals surface area contributed by atoms with Gasteiger partial charge in [0.25, 0.3) is 0 Å². The van der Waals surface area contributed by atoms with E-state index in [1.807, 2.05) is 67.3 Å². The number of hydrogen-bond donors (Lipinski definition) is 0. The van der Waals surface area contributed by atoms with E-state index in [-0.39, 0.29) is 31.0 Å². The van der Waals surface area contributed by atoms with Gasteiger partial charge in [-0.3, -0.25) is 4.79 Å². The second-order valence-electron chi connectivity index (χ2n) is 8.91. The van der Waals surface area contributed by atoms with E-state index in [2.05, 4.69) is 36.4 Å². The van der Waals surface area contributed by atoms with E-state index >= 15 is 0 Å². The smallest absolute Gasteiger partial charge is 0.340 e. The summed E-state index contributed by atoms with van der Waals surface area (Å²) in [6.45, 7) is 1.38.